The minimum Gasteiger partial charge on any atom is -0.458 e. The van der Waals surface area contributed by atoms with Crippen molar-refractivity contribution in [2.45, 2.75) is 45.3 Å². The quantitative estimate of drug-likeness (QED) is 0.707. The number of hydrogen-bond donors (Lipinski definition) is 1. The minimum absolute atomic E-state index is 0.398. The highest BCUT2D eigenvalue weighted by Gasteiger charge is 2.25. The predicted octanol–water partition coefficient (Wildman–Crippen LogP) is 0.785. The molecule has 1 N–H and O–H groups in total. The molecule has 1 atom stereocenters. The predicted molar refractivity (Wildman–Crippen MR) is 57.5 cm³/mol. The molecule has 1 fully saturated rings. The van der Waals surface area contributed by atoms with E-state index in [1.54, 1.807) is 20.8 Å². The SMILES string of the molecule is CC(C)(C)OC(=O)[C@H](O)CN1CCCC1. The summed E-state index contributed by atoms with van der Waals surface area (Å²) in [5, 5.41) is 9.63. The minimum atomic E-state index is -1.01. The molecule has 0 spiro atoms. The fraction of sp³-hybridized carbons (Fsp3) is 0.909. The highest BCUT2D eigenvalue weighted by Crippen LogP contribution is 2.11. The number of carbonyl (C=O) groups excluding carboxylic acids is 1. The van der Waals surface area contributed by atoms with Gasteiger partial charge in [0.15, 0.2) is 6.10 Å². The van der Waals surface area contributed by atoms with Crippen molar-refractivity contribution in [2.24, 2.45) is 0 Å². The molecule has 1 aliphatic rings. The van der Waals surface area contributed by atoms with Crippen molar-refractivity contribution in [3.63, 3.8) is 0 Å². The number of hydrogen-bond acceptors (Lipinski definition) is 4. The summed E-state index contributed by atoms with van der Waals surface area (Å²) < 4.78 is 5.09. The first kappa shape index (κ1) is 12.5. The zero-order valence-electron chi connectivity index (χ0n) is 9.82. The van der Waals surface area contributed by atoms with Crippen LogP contribution in [-0.2, 0) is 9.53 Å². The molecule has 0 bridgehead atoms. The van der Waals surface area contributed by atoms with Gasteiger partial charge >= 0.3 is 5.97 Å². The van der Waals surface area contributed by atoms with Crippen LogP contribution in [0.1, 0.15) is 33.6 Å². The maximum Gasteiger partial charge on any atom is 0.336 e. The van der Waals surface area contributed by atoms with E-state index in [1.807, 2.05) is 0 Å². The third kappa shape index (κ3) is 4.62. The van der Waals surface area contributed by atoms with Gasteiger partial charge in [0.05, 0.1) is 0 Å². The molecule has 0 saturated carbocycles. The van der Waals surface area contributed by atoms with E-state index in [0.717, 1.165) is 25.9 Å². The Labute approximate surface area is 91.2 Å². The summed E-state index contributed by atoms with van der Waals surface area (Å²) in [6, 6.07) is 0. The molecule has 0 aromatic rings. The van der Waals surface area contributed by atoms with Crippen LogP contribution in [-0.4, -0.2) is 47.3 Å². The van der Waals surface area contributed by atoms with Crippen LogP contribution in [0, 0.1) is 0 Å². The molecule has 0 radical (unpaired) electrons. The van der Waals surface area contributed by atoms with Gasteiger partial charge in [-0.1, -0.05) is 0 Å². The topological polar surface area (TPSA) is 49.8 Å². The molecule has 0 aliphatic carbocycles. The van der Waals surface area contributed by atoms with Gasteiger partial charge in [0, 0.05) is 6.54 Å². The molecule has 1 aliphatic heterocycles. The second-order valence-electron chi connectivity index (χ2n) is 5.06. The van der Waals surface area contributed by atoms with Crippen LogP contribution < -0.4 is 0 Å². The van der Waals surface area contributed by atoms with Crippen molar-refractivity contribution < 1.29 is 14.6 Å². The summed E-state index contributed by atoms with van der Waals surface area (Å²) in [5.74, 6) is -0.519. The molecule has 15 heavy (non-hydrogen) atoms. The lowest BCUT2D eigenvalue weighted by Gasteiger charge is -2.23. The van der Waals surface area contributed by atoms with E-state index in [0.29, 0.717) is 6.54 Å². The van der Waals surface area contributed by atoms with Crippen LogP contribution in [0.15, 0.2) is 0 Å². The number of ether oxygens (including phenoxy) is 1. The summed E-state index contributed by atoms with van der Waals surface area (Å²) in [6.45, 7) is 7.74. The van der Waals surface area contributed by atoms with Gasteiger partial charge in [-0.2, -0.15) is 0 Å². The normalized spacial score (nSPS) is 20.3. The molecular formula is C11H21NO3. The van der Waals surface area contributed by atoms with E-state index in [9.17, 15) is 9.90 Å². The maximum absolute atomic E-state index is 11.4. The van der Waals surface area contributed by atoms with Crippen molar-refractivity contribution in [3.8, 4) is 0 Å². The number of nitrogens with zero attached hydrogens (tertiary/aromatic N) is 1. The second kappa shape index (κ2) is 4.94. The van der Waals surface area contributed by atoms with Crippen LogP contribution in [0.25, 0.3) is 0 Å². The summed E-state index contributed by atoms with van der Waals surface area (Å²) in [4.78, 5) is 13.5. The lowest BCUT2D eigenvalue weighted by atomic mass is 10.2. The largest absolute Gasteiger partial charge is 0.458 e. The van der Waals surface area contributed by atoms with Crippen LogP contribution in [0.5, 0.6) is 0 Å². The Kier molecular flexibility index (Phi) is 4.11. The summed E-state index contributed by atoms with van der Waals surface area (Å²) in [5.41, 5.74) is -0.525. The van der Waals surface area contributed by atoms with Crippen LogP contribution >= 0.6 is 0 Å². The number of likely N-dealkylation sites (tertiary alicyclic amines) is 1. The van der Waals surface area contributed by atoms with E-state index in [-0.39, 0.29) is 0 Å². The summed E-state index contributed by atoms with van der Waals surface area (Å²) in [6.07, 6.45) is 1.30. The Morgan fingerprint density at radius 1 is 1.40 bits per heavy atom. The number of aliphatic hydroxyl groups is 1. The Morgan fingerprint density at radius 2 is 1.93 bits per heavy atom. The second-order valence-corrected chi connectivity index (χ2v) is 5.06. The molecule has 1 heterocycles. The van der Waals surface area contributed by atoms with Crippen molar-refractivity contribution in [1.29, 1.82) is 0 Å². The first-order valence-corrected chi connectivity index (χ1v) is 5.52. The molecular weight excluding hydrogens is 194 g/mol. The van der Waals surface area contributed by atoms with Crippen molar-refractivity contribution in [2.75, 3.05) is 19.6 Å². The Hall–Kier alpha value is -0.610. The van der Waals surface area contributed by atoms with Crippen molar-refractivity contribution >= 4 is 5.97 Å². The highest BCUT2D eigenvalue weighted by atomic mass is 16.6. The summed E-state index contributed by atoms with van der Waals surface area (Å²) >= 11 is 0. The number of esters is 1. The van der Waals surface area contributed by atoms with Crippen LogP contribution in [0.3, 0.4) is 0 Å². The maximum atomic E-state index is 11.4. The van der Waals surface area contributed by atoms with Gasteiger partial charge in [-0.15, -0.1) is 0 Å². The van der Waals surface area contributed by atoms with E-state index >= 15 is 0 Å². The fourth-order valence-electron chi connectivity index (χ4n) is 1.65. The van der Waals surface area contributed by atoms with Crippen molar-refractivity contribution in [1.82, 2.24) is 4.90 Å². The molecule has 0 aromatic heterocycles. The fourth-order valence-corrected chi connectivity index (χ4v) is 1.65. The monoisotopic (exact) mass is 215 g/mol. The van der Waals surface area contributed by atoms with Gasteiger partial charge in [-0.3, -0.25) is 0 Å². The molecule has 4 heteroatoms. The third-order valence-electron chi connectivity index (χ3n) is 2.31. The van der Waals surface area contributed by atoms with Gasteiger partial charge in [0.2, 0.25) is 0 Å². The third-order valence-corrected chi connectivity index (χ3v) is 2.31. The number of rotatable bonds is 3. The van der Waals surface area contributed by atoms with Gasteiger partial charge in [0.1, 0.15) is 5.60 Å². The molecule has 0 aromatic carbocycles. The van der Waals surface area contributed by atoms with Crippen LogP contribution in [0.4, 0.5) is 0 Å². The number of carbonyl (C=O) groups is 1. The average molecular weight is 215 g/mol. The highest BCUT2D eigenvalue weighted by molar-refractivity contribution is 5.75. The Bertz CT molecular complexity index is 216. The molecule has 0 unspecified atom stereocenters. The van der Waals surface area contributed by atoms with Crippen molar-refractivity contribution in [3.05, 3.63) is 0 Å². The zero-order valence-corrected chi connectivity index (χ0v) is 9.82. The Balaban J connectivity index is 2.32. The molecule has 0 amide bonds. The van der Waals surface area contributed by atoms with E-state index in [2.05, 4.69) is 4.90 Å². The van der Waals surface area contributed by atoms with E-state index in [1.165, 1.54) is 0 Å². The standard InChI is InChI=1S/C11H21NO3/c1-11(2,3)15-10(14)9(13)8-12-6-4-5-7-12/h9,13H,4-8H2,1-3H3/t9-/m1/s1. The summed E-state index contributed by atoms with van der Waals surface area (Å²) in [7, 11) is 0. The molecule has 4 nitrogen and oxygen atoms in total. The smallest absolute Gasteiger partial charge is 0.336 e. The molecule has 1 saturated heterocycles. The van der Waals surface area contributed by atoms with Gasteiger partial charge in [-0.05, 0) is 46.7 Å². The van der Waals surface area contributed by atoms with Crippen LogP contribution in [0.2, 0.25) is 0 Å². The molecule has 1 rings (SSSR count). The van der Waals surface area contributed by atoms with Gasteiger partial charge < -0.3 is 14.7 Å². The van der Waals surface area contributed by atoms with Gasteiger partial charge in [-0.25, -0.2) is 4.79 Å². The number of aliphatic hydroxyl groups excluding tert-OH is 1. The van der Waals surface area contributed by atoms with E-state index < -0.39 is 17.7 Å². The van der Waals surface area contributed by atoms with E-state index in [4.69, 9.17) is 4.74 Å². The number of β-amino-alcohol motifs (C(OH)–C–C–N with tert-alkyl or cyclic N) is 1. The first-order chi connectivity index (χ1) is 6.88. The first-order valence-electron chi connectivity index (χ1n) is 5.52. The lowest BCUT2D eigenvalue weighted by Crippen LogP contribution is -2.39. The lowest BCUT2D eigenvalue weighted by molar-refractivity contribution is -0.165. The average Bonchev–Trinajstić information content (AvgIpc) is 2.53. The Morgan fingerprint density at radius 3 is 2.40 bits per heavy atom. The zero-order chi connectivity index (χ0) is 11.5. The van der Waals surface area contributed by atoms with Gasteiger partial charge in [0.25, 0.3) is 0 Å². The molecule has 88 valence electrons.